The Balaban J connectivity index is 1.92. The Morgan fingerprint density at radius 3 is 2.75 bits per heavy atom. The quantitative estimate of drug-likeness (QED) is 0.627. The zero-order chi connectivity index (χ0) is 12.0. The number of nitrogens with one attached hydrogen (secondary N) is 1. The average molecular weight is 228 g/mol. The van der Waals surface area contributed by atoms with Crippen molar-refractivity contribution >= 4 is 5.91 Å². The summed E-state index contributed by atoms with van der Waals surface area (Å²) >= 11 is 0. The van der Waals surface area contributed by atoms with Crippen LogP contribution in [0.1, 0.15) is 26.7 Å². The van der Waals surface area contributed by atoms with Crippen LogP contribution in [0.3, 0.4) is 0 Å². The van der Waals surface area contributed by atoms with Crippen LogP contribution < -0.4 is 5.32 Å². The first-order valence-corrected chi connectivity index (χ1v) is 6.15. The summed E-state index contributed by atoms with van der Waals surface area (Å²) in [6.07, 6.45) is 2.33. The molecule has 0 atom stereocenters. The van der Waals surface area contributed by atoms with Gasteiger partial charge in [-0.05, 0) is 18.8 Å². The van der Waals surface area contributed by atoms with Crippen molar-refractivity contribution < 1.29 is 9.53 Å². The summed E-state index contributed by atoms with van der Waals surface area (Å²) in [5, 5.41) is 3.11. The summed E-state index contributed by atoms with van der Waals surface area (Å²) in [7, 11) is 1.89. The highest BCUT2D eigenvalue weighted by molar-refractivity contribution is 5.78. The first-order chi connectivity index (χ1) is 7.61. The molecule has 94 valence electrons. The van der Waals surface area contributed by atoms with Crippen LogP contribution in [0, 0.1) is 5.92 Å². The van der Waals surface area contributed by atoms with Crippen LogP contribution >= 0.6 is 0 Å². The molecule has 0 bridgehead atoms. The predicted molar refractivity (Wildman–Crippen MR) is 64.3 cm³/mol. The van der Waals surface area contributed by atoms with E-state index in [1.54, 1.807) is 0 Å². The molecular formula is C12H24N2O2. The second-order valence-corrected chi connectivity index (χ2v) is 4.88. The van der Waals surface area contributed by atoms with E-state index in [0.717, 1.165) is 13.2 Å². The van der Waals surface area contributed by atoms with Gasteiger partial charge in [0, 0.05) is 26.2 Å². The molecule has 0 spiro atoms. The van der Waals surface area contributed by atoms with Gasteiger partial charge in [-0.3, -0.25) is 4.79 Å². The summed E-state index contributed by atoms with van der Waals surface area (Å²) in [5.74, 6) is 0.758. The lowest BCUT2D eigenvalue weighted by Crippen LogP contribution is -2.37. The number of hydrogen-bond acceptors (Lipinski definition) is 3. The number of nitrogens with zero attached hydrogens (tertiary/aromatic N) is 1. The Bertz CT molecular complexity index is 215. The largest absolute Gasteiger partial charge is 0.380 e. The maximum atomic E-state index is 11.6. The molecular weight excluding hydrogens is 204 g/mol. The van der Waals surface area contributed by atoms with Crippen molar-refractivity contribution in [1.29, 1.82) is 0 Å². The third-order valence-corrected chi connectivity index (χ3v) is 2.64. The number of likely N-dealkylation sites (N-methyl/N-ethyl adjacent to an activating group) is 1. The molecule has 0 heterocycles. The van der Waals surface area contributed by atoms with Crippen molar-refractivity contribution in [2.24, 2.45) is 5.92 Å². The van der Waals surface area contributed by atoms with Gasteiger partial charge in [-0.15, -0.1) is 0 Å². The SMILES string of the molecule is CC(C)COCCNCC(=O)N(C)C1CC1. The number of rotatable bonds is 8. The number of hydrogen-bond donors (Lipinski definition) is 1. The van der Waals surface area contributed by atoms with E-state index in [2.05, 4.69) is 19.2 Å². The maximum Gasteiger partial charge on any atom is 0.236 e. The molecule has 0 aromatic rings. The maximum absolute atomic E-state index is 11.6. The summed E-state index contributed by atoms with van der Waals surface area (Å²) in [4.78, 5) is 13.4. The second kappa shape index (κ2) is 6.86. The molecule has 0 aromatic carbocycles. The molecule has 0 radical (unpaired) electrons. The van der Waals surface area contributed by atoms with Gasteiger partial charge in [0.15, 0.2) is 0 Å². The number of ether oxygens (including phenoxy) is 1. The van der Waals surface area contributed by atoms with E-state index in [-0.39, 0.29) is 5.91 Å². The van der Waals surface area contributed by atoms with Gasteiger partial charge >= 0.3 is 0 Å². The molecule has 0 aromatic heterocycles. The topological polar surface area (TPSA) is 41.6 Å². The molecule has 1 fully saturated rings. The predicted octanol–water partition coefficient (Wildman–Crippen LogP) is 0.869. The van der Waals surface area contributed by atoms with Crippen LogP contribution in [0.2, 0.25) is 0 Å². The van der Waals surface area contributed by atoms with E-state index in [4.69, 9.17) is 4.74 Å². The monoisotopic (exact) mass is 228 g/mol. The lowest BCUT2D eigenvalue weighted by molar-refractivity contribution is -0.129. The van der Waals surface area contributed by atoms with Gasteiger partial charge < -0.3 is 15.0 Å². The smallest absolute Gasteiger partial charge is 0.236 e. The minimum Gasteiger partial charge on any atom is -0.380 e. The Kier molecular flexibility index (Phi) is 5.77. The summed E-state index contributed by atoms with van der Waals surface area (Å²) in [6.45, 7) is 6.90. The molecule has 4 nitrogen and oxygen atoms in total. The Labute approximate surface area is 98.3 Å². The number of carbonyl (C=O) groups excluding carboxylic acids is 1. The van der Waals surface area contributed by atoms with E-state index in [0.29, 0.717) is 25.1 Å². The number of amides is 1. The van der Waals surface area contributed by atoms with Crippen molar-refractivity contribution in [3.63, 3.8) is 0 Å². The Morgan fingerprint density at radius 2 is 2.19 bits per heavy atom. The lowest BCUT2D eigenvalue weighted by Gasteiger charge is -2.16. The highest BCUT2D eigenvalue weighted by Gasteiger charge is 2.28. The van der Waals surface area contributed by atoms with Crippen LogP contribution in [-0.4, -0.2) is 50.2 Å². The highest BCUT2D eigenvalue weighted by Crippen LogP contribution is 2.24. The molecule has 0 unspecified atom stereocenters. The molecule has 1 N–H and O–H groups in total. The van der Waals surface area contributed by atoms with Gasteiger partial charge in [-0.2, -0.15) is 0 Å². The van der Waals surface area contributed by atoms with Gasteiger partial charge in [0.1, 0.15) is 0 Å². The van der Waals surface area contributed by atoms with Crippen LogP contribution in [-0.2, 0) is 9.53 Å². The van der Waals surface area contributed by atoms with E-state index in [1.807, 2.05) is 11.9 Å². The van der Waals surface area contributed by atoms with Crippen LogP contribution in [0.5, 0.6) is 0 Å². The Morgan fingerprint density at radius 1 is 1.50 bits per heavy atom. The van der Waals surface area contributed by atoms with Gasteiger partial charge in [-0.1, -0.05) is 13.8 Å². The van der Waals surface area contributed by atoms with Crippen LogP contribution in [0.15, 0.2) is 0 Å². The molecule has 0 aliphatic heterocycles. The van der Waals surface area contributed by atoms with Gasteiger partial charge in [0.2, 0.25) is 5.91 Å². The fourth-order valence-electron chi connectivity index (χ4n) is 1.45. The molecule has 4 heteroatoms. The standard InChI is InChI=1S/C12H24N2O2/c1-10(2)9-16-7-6-13-8-12(15)14(3)11-4-5-11/h10-11,13H,4-9H2,1-3H3. The van der Waals surface area contributed by atoms with Crippen molar-refractivity contribution in [3.8, 4) is 0 Å². The fourth-order valence-corrected chi connectivity index (χ4v) is 1.45. The average Bonchev–Trinajstić information content (AvgIpc) is 3.05. The van der Waals surface area contributed by atoms with Gasteiger partial charge in [-0.25, -0.2) is 0 Å². The summed E-state index contributed by atoms with van der Waals surface area (Å²) < 4.78 is 5.41. The second-order valence-electron chi connectivity index (χ2n) is 4.88. The molecule has 16 heavy (non-hydrogen) atoms. The van der Waals surface area contributed by atoms with E-state index in [1.165, 1.54) is 12.8 Å². The van der Waals surface area contributed by atoms with E-state index >= 15 is 0 Å². The minimum absolute atomic E-state index is 0.186. The van der Waals surface area contributed by atoms with Gasteiger partial charge in [0.05, 0.1) is 13.2 Å². The first kappa shape index (κ1) is 13.5. The first-order valence-electron chi connectivity index (χ1n) is 6.15. The van der Waals surface area contributed by atoms with Crippen LogP contribution in [0.4, 0.5) is 0 Å². The molecule has 1 aliphatic rings. The third kappa shape index (κ3) is 5.47. The van der Waals surface area contributed by atoms with E-state index < -0.39 is 0 Å². The molecule has 1 aliphatic carbocycles. The third-order valence-electron chi connectivity index (χ3n) is 2.64. The summed E-state index contributed by atoms with van der Waals surface area (Å²) in [5.41, 5.74) is 0. The Hall–Kier alpha value is -0.610. The molecule has 1 rings (SSSR count). The van der Waals surface area contributed by atoms with Gasteiger partial charge in [0.25, 0.3) is 0 Å². The molecule has 1 amide bonds. The van der Waals surface area contributed by atoms with Crippen LogP contribution in [0.25, 0.3) is 0 Å². The van der Waals surface area contributed by atoms with E-state index in [9.17, 15) is 4.79 Å². The zero-order valence-electron chi connectivity index (χ0n) is 10.7. The lowest BCUT2D eigenvalue weighted by atomic mass is 10.2. The van der Waals surface area contributed by atoms with Crippen molar-refractivity contribution in [1.82, 2.24) is 10.2 Å². The van der Waals surface area contributed by atoms with Crippen molar-refractivity contribution in [3.05, 3.63) is 0 Å². The van der Waals surface area contributed by atoms with Crippen molar-refractivity contribution in [2.75, 3.05) is 33.4 Å². The minimum atomic E-state index is 0.186. The van der Waals surface area contributed by atoms with Crippen molar-refractivity contribution in [2.45, 2.75) is 32.7 Å². The fraction of sp³-hybridized carbons (Fsp3) is 0.917. The zero-order valence-corrected chi connectivity index (χ0v) is 10.7. The molecule has 1 saturated carbocycles. The molecule has 0 saturated heterocycles. The normalized spacial score (nSPS) is 15.5. The summed E-state index contributed by atoms with van der Waals surface area (Å²) in [6, 6.07) is 0.506. The number of carbonyl (C=O) groups is 1. The highest BCUT2D eigenvalue weighted by atomic mass is 16.5.